The van der Waals surface area contributed by atoms with Gasteiger partial charge in [-0.15, -0.1) is 0 Å². The lowest BCUT2D eigenvalue weighted by Gasteiger charge is -2.26. The lowest BCUT2D eigenvalue weighted by molar-refractivity contribution is 0.0220. The monoisotopic (exact) mass is 295 g/mol. The Hall–Kier alpha value is -1.71. The molecule has 0 aromatic heterocycles. The Bertz CT molecular complexity index is 403. The molecular weight excluding hydrogens is 266 g/mol. The van der Waals surface area contributed by atoms with Crippen LogP contribution in [-0.4, -0.2) is 36.3 Å². The minimum absolute atomic E-state index is 0.312. The molecule has 0 radical (unpaired) electrons. The van der Waals surface area contributed by atoms with Gasteiger partial charge in [-0.25, -0.2) is 4.79 Å². The van der Waals surface area contributed by atoms with E-state index in [1.807, 2.05) is 53.7 Å². The van der Waals surface area contributed by atoms with Crippen molar-refractivity contribution < 1.29 is 14.3 Å². The van der Waals surface area contributed by atoms with Gasteiger partial charge in [0.05, 0.1) is 6.54 Å². The minimum atomic E-state index is -0.482. The highest BCUT2D eigenvalue weighted by Crippen LogP contribution is 2.10. The molecule has 0 saturated heterocycles. The summed E-state index contributed by atoms with van der Waals surface area (Å²) in [5.41, 5.74) is 0.548. The Morgan fingerprint density at radius 1 is 1.33 bits per heavy atom. The zero-order valence-corrected chi connectivity index (χ0v) is 14.2. The van der Waals surface area contributed by atoms with Crippen LogP contribution in [0.25, 0.3) is 0 Å². The molecule has 0 atom stereocenters. The average molecular weight is 295 g/mol. The van der Waals surface area contributed by atoms with E-state index in [4.69, 9.17) is 9.47 Å². The Morgan fingerprint density at radius 2 is 1.95 bits per heavy atom. The van der Waals surface area contributed by atoms with Crippen LogP contribution in [0.15, 0.2) is 36.1 Å². The third-order valence-electron chi connectivity index (χ3n) is 2.64. The van der Waals surface area contributed by atoms with E-state index in [-0.39, 0.29) is 6.09 Å². The molecule has 21 heavy (non-hydrogen) atoms. The first-order chi connectivity index (χ1) is 9.73. The molecule has 1 amide bonds. The summed E-state index contributed by atoms with van der Waals surface area (Å²) in [6.07, 6.45) is 5.26. The molecule has 0 aliphatic rings. The summed E-state index contributed by atoms with van der Waals surface area (Å²) in [5, 5.41) is 0. The Labute approximate surface area is 129 Å². The van der Waals surface area contributed by atoms with Gasteiger partial charge in [0.2, 0.25) is 0 Å². The molecule has 0 aromatic carbocycles. The van der Waals surface area contributed by atoms with Gasteiger partial charge >= 0.3 is 6.09 Å². The molecule has 0 rings (SSSR count). The summed E-state index contributed by atoms with van der Waals surface area (Å²) in [6, 6.07) is 0. The standard InChI is InChI=1S/C17H29NO3/c1-8-14(4)13-15(9-2)20-12-11-18(10-3)16(19)21-17(5,6)7/h8-9,13H,1,10-12H2,2-7H3/b14-13-,15-9+. The van der Waals surface area contributed by atoms with Crippen molar-refractivity contribution in [3.63, 3.8) is 0 Å². The second-order valence-corrected chi connectivity index (χ2v) is 5.69. The van der Waals surface area contributed by atoms with Crippen LogP contribution in [0.4, 0.5) is 4.79 Å². The number of ether oxygens (including phenoxy) is 2. The maximum absolute atomic E-state index is 12.0. The fourth-order valence-electron chi connectivity index (χ4n) is 1.47. The van der Waals surface area contributed by atoms with Gasteiger partial charge in [0, 0.05) is 6.54 Å². The third-order valence-corrected chi connectivity index (χ3v) is 2.64. The average Bonchev–Trinajstić information content (AvgIpc) is 2.39. The molecule has 0 saturated carbocycles. The van der Waals surface area contributed by atoms with E-state index in [1.165, 1.54) is 0 Å². The third kappa shape index (κ3) is 8.95. The van der Waals surface area contributed by atoms with Crippen LogP contribution in [-0.2, 0) is 9.47 Å². The van der Waals surface area contributed by atoms with Gasteiger partial charge in [-0.1, -0.05) is 12.7 Å². The van der Waals surface area contributed by atoms with Gasteiger partial charge in [0.1, 0.15) is 18.0 Å². The molecule has 0 heterocycles. The fourth-order valence-corrected chi connectivity index (χ4v) is 1.47. The zero-order valence-electron chi connectivity index (χ0n) is 14.2. The fraction of sp³-hybridized carbons (Fsp3) is 0.588. The van der Waals surface area contributed by atoms with E-state index in [0.29, 0.717) is 19.7 Å². The van der Waals surface area contributed by atoms with Gasteiger partial charge in [0.15, 0.2) is 0 Å². The second kappa shape index (κ2) is 9.27. The Kier molecular flexibility index (Phi) is 8.51. The van der Waals surface area contributed by atoms with Gasteiger partial charge in [-0.05, 0) is 59.3 Å². The molecule has 0 aromatic rings. The van der Waals surface area contributed by atoms with Crippen LogP contribution in [0, 0.1) is 0 Å². The molecule has 0 aliphatic heterocycles. The van der Waals surface area contributed by atoms with Crippen LogP contribution < -0.4 is 0 Å². The first kappa shape index (κ1) is 19.3. The number of hydrogen-bond donors (Lipinski definition) is 0. The molecule has 0 fully saturated rings. The van der Waals surface area contributed by atoms with Crippen LogP contribution in [0.2, 0.25) is 0 Å². The van der Waals surface area contributed by atoms with Crippen molar-refractivity contribution in [1.82, 2.24) is 4.90 Å². The van der Waals surface area contributed by atoms with E-state index in [9.17, 15) is 4.79 Å². The van der Waals surface area contributed by atoms with Crippen molar-refractivity contribution >= 4 is 6.09 Å². The summed E-state index contributed by atoms with van der Waals surface area (Å²) >= 11 is 0. The molecule has 0 bridgehead atoms. The number of carbonyl (C=O) groups is 1. The SMILES string of the molecule is C=C/C(C)=C\C(=C/C)OCCN(CC)C(=O)OC(C)(C)C. The molecule has 0 spiro atoms. The highest BCUT2D eigenvalue weighted by Gasteiger charge is 2.20. The summed E-state index contributed by atoms with van der Waals surface area (Å²) in [6.45, 7) is 16.6. The van der Waals surface area contributed by atoms with E-state index >= 15 is 0 Å². The summed E-state index contributed by atoms with van der Waals surface area (Å²) in [5.74, 6) is 0.771. The summed E-state index contributed by atoms with van der Waals surface area (Å²) < 4.78 is 11.0. The first-order valence-electron chi connectivity index (χ1n) is 7.31. The quantitative estimate of drug-likeness (QED) is 0.519. The van der Waals surface area contributed by atoms with Gasteiger partial charge in [-0.3, -0.25) is 0 Å². The predicted molar refractivity (Wildman–Crippen MR) is 87.1 cm³/mol. The number of carbonyl (C=O) groups excluding carboxylic acids is 1. The number of likely N-dealkylation sites (N-methyl/N-ethyl adjacent to an activating group) is 1. The zero-order chi connectivity index (χ0) is 16.5. The van der Waals surface area contributed by atoms with Crippen LogP contribution in [0.3, 0.4) is 0 Å². The molecule has 0 unspecified atom stereocenters. The highest BCUT2D eigenvalue weighted by molar-refractivity contribution is 5.68. The molecule has 4 nitrogen and oxygen atoms in total. The molecular formula is C17H29NO3. The minimum Gasteiger partial charge on any atom is -0.492 e. The highest BCUT2D eigenvalue weighted by atomic mass is 16.6. The first-order valence-corrected chi connectivity index (χ1v) is 7.31. The summed E-state index contributed by atoms with van der Waals surface area (Å²) in [4.78, 5) is 13.6. The molecule has 4 heteroatoms. The van der Waals surface area contributed by atoms with Gasteiger partial charge in [0.25, 0.3) is 0 Å². The number of hydrogen-bond acceptors (Lipinski definition) is 3. The predicted octanol–water partition coefficient (Wildman–Crippen LogP) is 4.30. The maximum Gasteiger partial charge on any atom is 0.410 e. The topological polar surface area (TPSA) is 38.8 Å². The van der Waals surface area contributed by atoms with Gasteiger partial charge in [-0.2, -0.15) is 0 Å². The van der Waals surface area contributed by atoms with Crippen molar-refractivity contribution in [2.24, 2.45) is 0 Å². The van der Waals surface area contributed by atoms with Crippen molar-refractivity contribution in [3.05, 3.63) is 36.1 Å². The van der Waals surface area contributed by atoms with E-state index < -0.39 is 5.60 Å². The number of rotatable bonds is 7. The van der Waals surface area contributed by atoms with Crippen LogP contribution in [0.5, 0.6) is 0 Å². The van der Waals surface area contributed by atoms with Crippen molar-refractivity contribution in [3.8, 4) is 0 Å². The molecule has 120 valence electrons. The lowest BCUT2D eigenvalue weighted by Crippen LogP contribution is -2.38. The number of amides is 1. The van der Waals surface area contributed by atoms with Crippen molar-refractivity contribution in [1.29, 1.82) is 0 Å². The molecule has 0 N–H and O–H groups in total. The number of nitrogens with zero attached hydrogens (tertiary/aromatic N) is 1. The van der Waals surface area contributed by atoms with Crippen LogP contribution >= 0.6 is 0 Å². The summed E-state index contributed by atoms with van der Waals surface area (Å²) in [7, 11) is 0. The Morgan fingerprint density at radius 3 is 2.38 bits per heavy atom. The van der Waals surface area contributed by atoms with Crippen molar-refractivity contribution in [2.75, 3.05) is 19.7 Å². The molecule has 0 aliphatic carbocycles. The largest absolute Gasteiger partial charge is 0.492 e. The second-order valence-electron chi connectivity index (χ2n) is 5.69. The lowest BCUT2D eigenvalue weighted by atomic mass is 10.2. The normalized spacial score (nSPS) is 12.9. The van der Waals surface area contributed by atoms with E-state index in [2.05, 4.69) is 6.58 Å². The smallest absolute Gasteiger partial charge is 0.410 e. The van der Waals surface area contributed by atoms with Crippen molar-refractivity contribution in [2.45, 2.75) is 47.1 Å². The van der Waals surface area contributed by atoms with E-state index in [0.717, 1.165) is 11.3 Å². The number of allylic oxidation sites excluding steroid dienone is 4. The van der Waals surface area contributed by atoms with Gasteiger partial charge < -0.3 is 14.4 Å². The van der Waals surface area contributed by atoms with Crippen LogP contribution in [0.1, 0.15) is 41.5 Å². The Balaban J connectivity index is 4.41. The van der Waals surface area contributed by atoms with E-state index in [1.54, 1.807) is 11.0 Å². The maximum atomic E-state index is 12.0.